The summed E-state index contributed by atoms with van der Waals surface area (Å²) in [6.45, 7) is 2.72. The minimum Gasteiger partial charge on any atom is -0.491 e. The van der Waals surface area contributed by atoms with Gasteiger partial charge in [-0.2, -0.15) is 4.57 Å². The number of aromatic nitrogens is 1. The summed E-state index contributed by atoms with van der Waals surface area (Å²) in [5.41, 5.74) is 3.32. The molecule has 2 aromatic carbocycles. The number of nitrogens with zero attached hydrogens (tertiary/aromatic N) is 2. The number of alkyl halides is 1. The lowest BCUT2D eigenvalue weighted by molar-refractivity contribution is -0.670. The van der Waals surface area contributed by atoms with Gasteiger partial charge >= 0.3 is 0 Å². The van der Waals surface area contributed by atoms with Crippen LogP contribution in [0, 0.1) is 6.92 Å². The molecule has 0 radical (unpaired) electrons. The Bertz CT molecular complexity index is 1160. The van der Waals surface area contributed by atoms with Gasteiger partial charge in [0.25, 0.3) is 5.01 Å². The number of rotatable bonds is 9. The van der Waals surface area contributed by atoms with Crippen molar-refractivity contribution in [3.05, 3.63) is 64.2 Å². The molecule has 0 saturated heterocycles. The van der Waals surface area contributed by atoms with Crippen molar-refractivity contribution in [3.8, 4) is 5.75 Å². The Morgan fingerprint density at radius 1 is 1.16 bits per heavy atom. The molecule has 1 aromatic heterocycles. The third kappa shape index (κ3) is 4.83. The SMILES string of the molecule is Cc1ccc2c(c1)N(CCO)/C(=C/C=C/c1sc3cc(OCC[18F])ccc3[n+]1CCO)S2. The number of aliphatic hydroxyl groups is 2. The van der Waals surface area contributed by atoms with Gasteiger partial charge in [0.1, 0.15) is 30.3 Å². The summed E-state index contributed by atoms with van der Waals surface area (Å²) in [5, 5.41) is 21.2. The second kappa shape index (κ2) is 10.5. The molecule has 0 aliphatic carbocycles. The van der Waals surface area contributed by atoms with Crippen LogP contribution in [-0.2, 0) is 6.54 Å². The lowest BCUT2D eigenvalue weighted by atomic mass is 10.2. The van der Waals surface area contributed by atoms with E-state index < -0.39 is 6.67 Å². The highest BCUT2D eigenvalue weighted by atomic mass is 32.2. The molecule has 1 aliphatic rings. The van der Waals surface area contributed by atoms with Gasteiger partial charge in [-0.1, -0.05) is 35.2 Å². The van der Waals surface area contributed by atoms with Crippen LogP contribution < -0.4 is 14.2 Å². The molecule has 8 heteroatoms. The molecule has 3 aromatic rings. The average Bonchev–Trinajstić information content (AvgIpc) is 3.30. The lowest BCUT2D eigenvalue weighted by Crippen LogP contribution is -2.36. The highest BCUT2D eigenvalue weighted by Crippen LogP contribution is 2.46. The van der Waals surface area contributed by atoms with Gasteiger partial charge in [0.05, 0.1) is 17.3 Å². The van der Waals surface area contributed by atoms with Crippen LogP contribution >= 0.6 is 23.1 Å². The van der Waals surface area contributed by atoms with Crippen LogP contribution in [0.5, 0.6) is 5.75 Å². The topological polar surface area (TPSA) is 56.8 Å². The van der Waals surface area contributed by atoms with E-state index in [1.165, 1.54) is 10.5 Å². The van der Waals surface area contributed by atoms with Crippen LogP contribution in [-0.4, -0.2) is 43.3 Å². The second-order valence-corrected chi connectivity index (χ2v) is 9.42. The zero-order chi connectivity index (χ0) is 22.5. The van der Waals surface area contributed by atoms with E-state index in [0.717, 1.165) is 25.9 Å². The average molecular weight is 473 g/mol. The number of hydrogen-bond donors (Lipinski definition) is 2. The number of aliphatic hydroxyl groups excluding tert-OH is 2. The molecular formula is C24H26FN2O3S2+. The van der Waals surface area contributed by atoms with Crippen molar-refractivity contribution in [2.24, 2.45) is 0 Å². The minimum atomic E-state index is -0.523. The van der Waals surface area contributed by atoms with Crippen molar-refractivity contribution in [3.63, 3.8) is 0 Å². The zero-order valence-electron chi connectivity index (χ0n) is 17.8. The van der Waals surface area contributed by atoms with Crippen LogP contribution in [0.1, 0.15) is 10.6 Å². The van der Waals surface area contributed by atoms with Crippen molar-refractivity contribution in [2.75, 3.05) is 37.9 Å². The first-order valence-corrected chi connectivity index (χ1v) is 12.1. The monoisotopic (exact) mass is 472 g/mol. The number of halogens is 1. The Morgan fingerprint density at radius 3 is 2.81 bits per heavy atom. The number of fused-ring (bicyclic) bond motifs is 2. The first kappa shape index (κ1) is 22.8. The van der Waals surface area contributed by atoms with Crippen LogP contribution in [0.3, 0.4) is 0 Å². The predicted molar refractivity (Wildman–Crippen MR) is 129 cm³/mol. The molecule has 0 atom stereocenters. The molecule has 0 spiro atoms. The largest absolute Gasteiger partial charge is 0.491 e. The van der Waals surface area contributed by atoms with E-state index in [1.54, 1.807) is 23.1 Å². The van der Waals surface area contributed by atoms with E-state index in [1.807, 2.05) is 30.4 Å². The molecule has 0 unspecified atom stereocenters. The van der Waals surface area contributed by atoms with Gasteiger partial charge in [0, 0.05) is 29.6 Å². The zero-order valence-corrected chi connectivity index (χ0v) is 19.5. The molecule has 2 N–H and O–H groups in total. The number of β-amino-alcohol motifs (C(OH)–C–C–N with tert-alkyl or cyclic N) is 1. The van der Waals surface area contributed by atoms with E-state index >= 15 is 0 Å². The summed E-state index contributed by atoms with van der Waals surface area (Å²) in [6, 6.07) is 12.0. The molecule has 2 heterocycles. The highest BCUT2D eigenvalue weighted by molar-refractivity contribution is 8.03. The smallest absolute Gasteiger partial charge is 0.262 e. The van der Waals surface area contributed by atoms with Crippen molar-refractivity contribution in [2.45, 2.75) is 18.4 Å². The fourth-order valence-corrected chi connectivity index (χ4v) is 5.88. The first-order chi connectivity index (χ1) is 15.6. The van der Waals surface area contributed by atoms with Gasteiger partial charge in [0.2, 0.25) is 5.52 Å². The normalized spacial score (nSPS) is 14.8. The molecule has 0 bridgehead atoms. The summed E-state index contributed by atoms with van der Waals surface area (Å²) in [4.78, 5) is 3.32. The molecule has 0 amide bonds. The van der Waals surface area contributed by atoms with Crippen molar-refractivity contribution >= 4 is 45.1 Å². The maximum atomic E-state index is 12.4. The molecule has 5 nitrogen and oxygen atoms in total. The van der Waals surface area contributed by atoms with Crippen molar-refractivity contribution < 1.29 is 23.9 Å². The Morgan fingerprint density at radius 2 is 2.03 bits per heavy atom. The summed E-state index contributed by atoms with van der Waals surface area (Å²) in [5.74, 6) is 0.639. The van der Waals surface area contributed by atoms with Crippen LogP contribution in [0.25, 0.3) is 16.3 Å². The summed E-state index contributed by atoms with van der Waals surface area (Å²) < 4.78 is 20.9. The highest BCUT2D eigenvalue weighted by Gasteiger charge is 2.24. The lowest BCUT2D eigenvalue weighted by Gasteiger charge is -2.19. The fourth-order valence-electron chi connectivity index (χ4n) is 3.67. The van der Waals surface area contributed by atoms with Gasteiger partial charge in [-0.15, -0.1) is 0 Å². The van der Waals surface area contributed by atoms with Crippen LogP contribution in [0.15, 0.2) is 58.5 Å². The summed E-state index contributed by atoms with van der Waals surface area (Å²) >= 11 is 3.29. The Hall–Kier alpha value is -2.39. The predicted octanol–water partition coefficient (Wildman–Crippen LogP) is 4.30. The Balaban J connectivity index is 1.62. The third-order valence-electron chi connectivity index (χ3n) is 5.06. The van der Waals surface area contributed by atoms with Crippen molar-refractivity contribution in [1.29, 1.82) is 0 Å². The van der Waals surface area contributed by atoms with Gasteiger partial charge in [-0.05, 0) is 36.8 Å². The fraction of sp³-hybridized carbons (Fsp3) is 0.292. The minimum absolute atomic E-state index is 0.0350. The number of thioether (sulfide) groups is 1. The second-order valence-electron chi connectivity index (χ2n) is 7.30. The van der Waals surface area contributed by atoms with E-state index in [4.69, 9.17) is 4.74 Å². The molecule has 0 fully saturated rings. The quantitative estimate of drug-likeness (QED) is 0.455. The third-order valence-corrected chi connectivity index (χ3v) is 7.30. The van der Waals surface area contributed by atoms with Gasteiger partial charge in [0.15, 0.2) is 6.54 Å². The maximum absolute atomic E-state index is 12.4. The van der Waals surface area contributed by atoms with E-state index in [9.17, 15) is 14.6 Å². The maximum Gasteiger partial charge on any atom is 0.262 e. The standard InChI is InChI=1S/C24H26FN2O3S2/c1-17-5-8-21-20(15-17)27(11-13-29)24(31-21)4-2-3-23-26(10-12-28)19-7-6-18(30-14-9-25)16-22(19)32-23/h2-8,15-16,28-29H,9-14H2,1H3/q+1/i25-1. The number of ether oxygens (including phenoxy) is 1. The Labute approximate surface area is 195 Å². The van der Waals surface area contributed by atoms with Crippen LogP contribution in [0.2, 0.25) is 0 Å². The summed E-state index contributed by atoms with van der Waals surface area (Å²) in [6.07, 6.45) is 6.09. The van der Waals surface area contributed by atoms with E-state index in [0.29, 0.717) is 18.8 Å². The summed E-state index contributed by atoms with van der Waals surface area (Å²) in [7, 11) is 0. The number of aryl methyl sites for hydroxylation is 1. The molecule has 32 heavy (non-hydrogen) atoms. The van der Waals surface area contributed by atoms with Gasteiger partial charge in [-0.3, -0.25) is 0 Å². The molecule has 0 saturated carbocycles. The Kier molecular flexibility index (Phi) is 7.47. The number of benzene rings is 2. The molecular weight excluding hydrogens is 446 g/mol. The molecule has 1 aliphatic heterocycles. The number of hydrogen-bond acceptors (Lipinski definition) is 6. The van der Waals surface area contributed by atoms with Crippen molar-refractivity contribution in [1.82, 2.24) is 0 Å². The van der Waals surface area contributed by atoms with Crippen LogP contribution in [0.4, 0.5) is 10.1 Å². The number of allylic oxidation sites excluding steroid dienone is 2. The van der Waals surface area contributed by atoms with E-state index in [2.05, 4.69) is 40.7 Å². The number of anilines is 1. The molecule has 168 valence electrons. The molecule has 4 rings (SSSR count). The van der Waals surface area contributed by atoms with E-state index in [-0.39, 0.29) is 19.8 Å². The van der Waals surface area contributed by atoms with Gasteiger partial charge in [-0.25, -0.2) is 4.39 Å². The van der Waals surface area contributed by atoms with Gasteiger partial charge < -0.3 is 19.8 Å². The number of thiazole rings is 1. The first-order valence-electron chi connectivity index (χ1n) is 10.5.